The third-order valence-corrected chi connectivity index (χ3v) is 7.50. The first-order valence-electron chi connectivity index (χ1n) is 8.87. The minimum atomic E-state index is -0.169. The summed E-state index contributed by atoms with van der Waals surface area (Å²) in [5, 5.41) is 9.30. The van der Waals surface area contributed by atoms with Crippen LogP contribution in [0.2, 0.25) is 0 Å². The molecule has 0 aromatic carbocycles. The lowest BCUT2D eigenvalue weighted by atomic mass is 9.49. The van der Waals surface area contributed by atoms with E-state index in [4.69, 9.17) is 0 Å². The van der Waals surface area contributed by atoms with E-state index in [-0.39, 0.29) is 17.9 Å². The molecule has 0 atom stereocenters. The monoisotopic (exact) mass is 334 g/mol. The molecule has 4 saturated carbocycles. The van der Waals surface area contributed by atoms with Gasteiger partial charge in [-0.05, 0) is 70.1 Å². The molecule has 0 saturated heterocycles. The number of aryl methyl sites for hydroxylation is 1. The molecule has 1 amide bonds. The zero-order chi connectivity index (χ0) is 16.2. The zero-order valence-electron chi connectivity index (χ0n) is 14.0. The van der Waals surface area contributed by atoms with E-state index in [9.17, 15) is 9.90 Å². The van der Waals surface area contributed by atoms with Gasteiger partial charge in [-0.2, -0.15) is 4.99 Å². The van der Waals surface area contributed by atoms with E-state index in [2.05, 4.69) is 11.9 Å². The first-order valence-corrected chi connectivity index (χ1v) is 9.69. The Bertz CT molecular complexity index is 665. The average molecular weight is 334 g/mol. The molecule has 0 radical (unpaired) electrons. The second kappa shape index (κ2) is 5.55. The van der Waals surface area contributed by atoms with Gasteiger partial charge in [-0.25, -0.2) is 0 Å². The van der Waals surface area contributed by atoms with E-state index in [1.807, 2.05) is 11.5 Å². The van der Waals surface area contributed by atoms with Gasteiger partial charge in [0.1, 0.15) is 0 Å². The summed E-state index contributed by atoms with van der Waals surface area (Å²) in [7, 11) is 0. The number of aliphatic hydroxyl groups excluding tert-OH is 1. The standard InChI is InChI=1S/C18H26N2O2S/c1-11-12(2)23-17(20(11)3-4-21)19-16(22)18-8-13-5-14(9-18)7-15(6-13)10-18/h13-15,21H,3-10H2,1-2H3/b19-17-. The highest BCUT2D eigenvalue weighted by Crippen LogP contribution is 2.60. The van der Waals surface area contributed by atoms with Crippen molar-refractivity contribution < 1.29 is 9.90 Å². The van der Waals surface area contributed by atoms with Crippen LogP contribution in [-0.2, 0) is 11.3 Å². The Hall–Kier alpha value is -0.940. The molecular weight excluding hydrogens is 308 g/mol. The summed E-state index contributed by atoms with van der Waals surface area (Å²) in [6, 6.07) is 0. The number of carbonyl (C=O) groups excluding carboxylic acids is 1. The maximum Gasteiger partial charge on any atom is 0.254 e. The fraction of sp³-hybridized carbons (Fsp3) is 0.778. The highest BCUT2D eigenvalue weighted by molar-refractivity contribution is 7.09. The SMILES string of the molecule is Cc1s/c(=N\C(=O)C23CC4CC(CC(C4)C2)C3)n(CCO)c1C. The number of hydrogen-bond acceptors (Lipinski definition) is 3. The second-order valence-electron chi connectivity index (χ2n) is 8.02. The van der Waals surface area contributed by atoms with Crippen LogP contribution in [0.15, 0.2) is 4.99 Å². The molecule has 1 heterocycles. The highest BCUT2D eigenvalue weighted by atomic mass is 32.1. The van der Waals surface area contributed by atoms with Gasteiger partial charge in [0.15, 0.2) is 4.80 Å². The number of carbonyl (C=O) groups is 1. The van der Waals surface area contributed by atoms with Crippen molar-refractivity contribution in [2.45, 2.75) is 58.9 Å². The van der Waals surface area contributed by atoms with Crippen LogP contribution in [-0.4, -0.2) is 22.2 Å². The van der Waals surface area contributed by atoms with Crippen molar-refractivity contribution in [3.05, 3.63) is 15.4 Å². The molecule has 4 bridgehead atoms. The highest BCUT2D eigenvalue weighted by Gasteiger charge is 2.54. The number of aliphatic hydroxyl groups is 1. The second-order valence-corrected chi connectivity index (χ2v) is 9.20. The summed E-state index contributed by atoms with van der Waals surface area (Å²) < 4.78 is 2.00. The maximum atomic E-state index is 13.1. The van der Waals surface area contributed by atoms with Crippen LogP contribution in [0, 0.1) is 37.0 Å². The molecule has 4 nitrogen and oxygen atoms in total. The van der Waals surface area contributed by atoms with Gasteiger partial charge < -0.3 is 9.67 Å². The smallest absolute Gasteiger partial charge is 0.254 e. The van der Waals surface area contributed by atoms with E-state index in [0.29, 0.717) is 6.54 Å². The van der Waals surface area contributed by atoms with Crippen LogP contribution in [0.5, 0.6) is 0 Å². The Morgan fingerprint density at radius 1 is 1.22 bits per heavy atom. The Balaban J connectivity index is 1.69. The van der Waals surface area contributed by atoms with Crippen LogP contribution >= 0.6 is 11.3 Å². The Kier molecular flexibility index (Phi) is 3.76. The van der Waals surface area contributed by atoms with Crippen LogP contribution in [0.1, 0.15) is 49.1 Å². The molecule has 1 N–H and O–H groups in total. The summed E-state index contributed by atoms with van der Waals surface area (Å²) in [6.07, 6.45) is 7.21. The molecule has 0 spiro atoms. The molecule has 0 unspecified atom stereocenters. The topological polar surface area (TPSA) is 54.6 Å². The molecule has 4 aliphatic carbocycles. The van der Waals surface area contributed by atoms with Crippen molar-refractivity contribution in [3.63, 3.8) is 0 Å². The molecule has 5 rings (SSSR count). The van der Waals surface area contributed by atoms with E-state index < -0.39 is 0 Å². The maximum absolute atomic E-state index is 13.1. The number of thiazole rings is 1. The first kappa shape index (κ1) is 15.6. The van der Waals surface area contributed by atoms with E-state index >= 15 is 0 Å². The van der Waals surface area contributed by atoms with Gasteiger partial charge >= 0.3 is 0 Å². The summed E-state index contributed by atoms with van der Waals surface area (Å²) in [5.41, 5.74) is 0.943. The lowest BCUT2D eigenvalue weighted by Gasteiger charge is -2.55. The van der Waals surface area contributed by atoms with Gasteiger partial charge in [0.05, 0.1) is 12.0 Å². The third-order valence-electron chi connectivity index (χ3n) is 6.40. The Morgan fingerprint density at radius 3 is 2.30 bits per heavy atom. The van der Waals surface area contributed by atoms with Gasteiger partial charge in [0.25, 0.3) is 5.91 Å². The number of rotatable bonds is 3. The normalized spacial score (nSPS) is 36.0. The molecule has 126 valence electrons. The van der Waals surface area contributed by atoms with Crippen LogP contribution < -0.4 is 4.80 Å². The average Bonchev–Trinajstić information content (AvgIpc) is 2.74. The van der Waals surface area contributed by atoms with Gasteiger partial charge in [0, 0.05) is 17.1 Å². The molecule has 4 aliphatic rings. The molecule has 0 aliphatic heterocycles. The number of hydrogen-bond donors (Lipinski definition) is 1. The number of aromatic nitrogens is 1. The van der Waals surface area contributed by atoms with Crippen LogP contribution in [0.4, 0.5) is 0 Å². The van der Waals surface area contributed by atoms with Crippen molar-refractivity contribution in [2.75, 3.05) is 6.61 Å². The molecule has 5 heteroatoms. The van der Waals surface area contributed by atoms with Crippen LogP contribution in [0.3, 0.4) is 0 Å². The lowest BCUT2D eigenvalue weighted by Crippen LogP contribution is -2.50. The van der Waals surface area contributed by atoms with Crippen molar-refractivity contribution >= 4 is 17.2 Å². The van der Waals surface area contributed by atoms with Crippen molar-refractivity contribution in [1.29, 1.82) is 0 Å². The summed E-state index contributed by atoms with van der Waals surface area (Å²) >= 11 is 1.58. The van der Waals surface area contributed by atoms with Gasteiger partial charge in [-0.3, -0.25) is 4.79 Å². The van der Waals surface area contributed by atoms with Gasteiger partial charge in [0.2, 0.25) is 0 Å². The molecule has 1 aromatic rings. The van der Waals surface area contributed by atoms with Crippen molar-refractivity contribution in [2.24, 2.45) is 28.2 Å². The van der Waals surface area contributed by atoms with Crippen molar-refractivity contribution in [1.82, 2.24) is 4.57 Å². The van der Waals surface area contributed by atoms with Gasteiger partial charge in [-0.1, -0.05) is 0 Å². The summed E-state index contributed by atoms with van der Waals surface area (Å²) in [4.78, 5) is 19.6. The fourth-order valence-corrected chi connectivity index (χ4v) is 6.62. The lowest BCUT2D eigenvalue weighted by molar-refractivity contribution is -0.142. The minimum Gasteiger partial charge on any atom is -0.395 e. The quantitative estimate of drug-likeness (QED) is 0.924. The van der Waals surface area contributed by atoms with Gasteiger partial charge in [-0.15, -0.1) is 11.3 Å². The largest absolute Gasteiger partial charge is 0.395 e. The minimum absolute atomic E-state index is 0.0791. The third kappa shape index (κ3) is 2.52. The molecular formula is C18H26N2O2S. The fourth-order valence-electron chi connectivity index (χ4n) is 5.62. The Labute approximate surface area is 141 Å². The van der Waals surface area contributed by atoms with Crippen molar-refractivity contribution in [3.8, 4) is 0 Å². The van der Waals surface area contributed by atoms with E-state index in [0.717, 1.165) is 47.5 Å². The van der Waals surface area contributed by atoms with E-state index in [1.165, 1.54) is 24.1 Å². The number of nitrogens with zero attached hydrogens (tertiary/aromatic N) is 2. The predicted octanol–water partition coefficient (Wildman–Crippen LogP) is 2.80. The summed E-state index contributed by atoms with van der Waals surface area (Å²) in [6.45, 7) is 4.69. The number of amides is 1. The predicted molar refractivity (Wildman–Crippen MR) is 90.0 cm³/mol. The van der Waals surface area contributed by atoms with Crippen LogP contribution in [0.25, 0.3) is 0 Å². The first-order chi connectivity index (χ1) is 11.0. The molecule has 1 aromatic heterocycles. The molecule has 23 heavy (non-hydrogen) atoms. The summed E-state index contributed by atoms with van der Waals surface area (Å²) in [5.74, 6) is 2.40. The zero-order valence-corrected chi connectivity index (χ0v) is 14.9. The van der Waals surface area contributed by atoms with E-state index in [1.54, 1.807) is 11.3 Å². The molecule has 4 fully saturated rings. The Morgan fingerprint density at radius 2 is 1.78 bits per heavy atom.